The van der Waals surface area contributed by atoms with Crippen molar-refractivity contribution >= 4 is 56.5 Å². The molecule has 1 saturated heterocycles. The van der Waals surface area contributed by atoms with Crippen molar-refractivity contribution in [2.24, 2.45) is 0 Å². The summed E-state index contributed by atoms with van der Waals surface area (Å²) in [7, 11) is 0. The summed E-state index contributed by atoms with van der Waals surface area (Å²) in [5.74, 6) is 0.286. The highest BCUT2D eigenvalue weighted by atomic mass is 79.9. The molecule has 7 heteroatoms. The summed E-state index contributed by atoms with van der Waals surface area (Å²) < 4.78 is 6.27. The third-order valence-electron chi connectivity index (χ3n) is 3.71. The van der Waals surface area contributed by atoms with Gasteiger partial charge in [-0.05, 0) is 54.1 Å². The number of imide groups is 1. The van der Waals surface area contributed by atoms with Gasteiger partial charge in [0.25, 0.3) is 11.1 Å². The second-order valence-electron chi connectivity index (χ2n) is 5.48. The van der Waals surface area contributed by atoms with Gasteiger partial charge in [0, 0.05) is 4.47 Å². The number of hydrogen-bond donors (Lipinski definition) is 0. The predicted octanol–water partition coefficient (Wildman–Crippen LogP) is 5.74. The Hall–Kier alpha value is -1.76. The number of halogens is 2. The number of carbonyl (C=O) groups is 2. The van der Waals surface area contributed by atoms with E-state index < -0.39 is 0 Å². The zero-order valence-corrected chi connectivity index (χ0v) is 17.0. The summed E-state index contributed by atoms with van der Waals surface area (Å²) in [6, 6.07) is 12.8. The number of benzene rings is 2. The Kier molecular flexibility index (Phi) is 6.06. The summed E-state index contributed by atoms with van der Waals surface area (Å²) in [4.78, 5) is 26.5. The smallest absolute Gasteiger partial charge is 0.293 e. The average molecular weight is 453 g/mol. The summed E-state index contributed by atoms with van der Waals surface area (Å²) in [5.41, 5.74) is 1.62. The van der Waals surface area contributed by atoms with Gasteiger partial charge in [0.15, 0.2) is 0 Å². The van der Waals surface area contributed by atoms with E-state index in [4.69, 9.17) is 16.3 Å². The molecule has 2 amide bonds. The van der Waals surface area contributed by atoms with Crippen molar-refractivity contribution in [2.75, 3.05) is 6.61 Å². The predicted molar refractivity (Wildman–Crippen MR) is 108 cm³/mol. The van der Waals surface area contributed by atoms with Crippen molar-refractivity contribution in [3.8, 4) is 5.75 Å². The lowest BCUT2D eigenvalue weighted by Crippen LogP contribution is -2.27. The molecule has 0 unspecified atom stereocenters. The molecule has 2 aromatic rings. The van der Waals surface area contributed by atoms with Crippen LogP contribution in [-0.4, -0.2) is 22.7 Å². The molecule has 0 bridgehead atoms. The number of hydrogen-bond acceptors (Lipinski definition) is 4. The molecular weight excluding hydrogens is 438 g/mol. The van der Waals surface area contributed by atoms with E-state index in [0.717, 1.165) is 27.4 Å². The summed E-state index contributed by atoms with van der Waals surface area (Å²) in [6.07, 6.45) is 1.67. The fourth-order valence-corrected chi connectivity index (χ4v) is 3.96. The Morgan fingerprint density at radius 1 is 1.23 bits per heavy atom. The van der Waals surface area contributed by atoms with Crippen molar-refractivity contribution in [1.29, 1.82) is 0 Å². The molecule has 0 spiro atoms. The van der Waals surface area contributed by atoms with E-state index >= 15 is 0 Å². The first-order valence-electron chi connectivity index (χ1n) is 7.90. The van der Waals surface area contributed by atoms with E-state index in [0.29, 0.717) is 22.3 Å². The van der Waals surface area contributed by atoms with Crippen LogP contribution in [0.15, 0.2) is 51.8 Å². The van der Waals surface area contributed by atoms with Crippen LogP contribution in [0.1, 0.15) is 18.1 Å². The van der Waals surface area contributed by atoms with Gasteiger partial charge < -0.3 is 4.74 Å². The number of thioether (sulfide) groups is 1. The van der Waals surface area contributed by atoms with Gasteiger partial charge in [-0.15, -0.1) is 0 Å². The molecule has 134 valence electrons. The lowest BCUT2D eigenvalue weighted by molar-refractivity contribution is -0.123. The second-order valence-corrected chi connectivity index (χ2v) is 7.74. The Balaban J connectivity index is 1.81. The highest BCUT2D eigenvalue weighted by Gasteiger charge is 2.35. The van der Waals surface area contributed by atoms with Gasteiger partial charge >= 0.3 is 0 Å². The first kappa shape index (κ1) is 19.0. The van der Waals surface area contributed by atoms with Gasteiger partial charge in [0.05, 0.1) is 23.1 Å². The molecular formula is C19H15BrClNO3S. The zero-order chi connectivity index (χ0) is 18.7. The van der Waals surface area contributed by atoms with E-state index in [1.165, 1.54) is 4.90 Å². The quantitative estimate of drug-likeness (QED) is 0.543. The highest BCUT2D eigenvalue weighted by Crippen LogP contribution is 2.35. The van der Waals surface area contributed by atoms with Crippen LogP contribution in [-0.2, 0) is 11.3 Å². The van der Waals surface area contributed by atoms with E-state index in [9.17, 15) is 9.59 Å². The fourth-order valence-electron chi connectivity index (χ4n) is 2.46. The summed E-state index contributed by atoms with van der Waals surface area (Å²) in [6.45, 7) is 2.63. The van der Waals surface area contributed by atoms with Crippen molar-refractivity contribution in [1.82, 2.24) is 4.90 Å². The molecule has 0 aliphatic carbocycles. The van der Waals surface area contributed by atoms with E-state index in [1.807, 2.05) is 31.2 Å². The number of rotatable bonds is 5. The van der Waals surface area contributed by atoms with Crippen molar-refractivity contribution in [2.45, 2.75) is 13.5 Å². The molecule has 0 saturated carbocycles. The molecule has 0 N–H and O–H groups in total. The molecule has 4 nitrogen and oxygen atoms in total. The molecule has 1 aliphatic rings. The van der Waals surface area contributed by atoms with Gasteiger partial charge in [-0.1, -0.05) is 51.8 Å². The maximum absolute atomic E-state index is 12.6. The first-order chi connectivity index (χ1) is 12.5. The Morgan fingerprint density at radius 3 is 2.69 bits per heavy atom. The Bertz CT molecular complexity index is 900. The van der Waals surface area contributed by atoms with Gasteiger partial charge in [0.1, 0.15) is 5.75 Å². The van der Waals surface area contributed by atoms with Crippen LogP contribution in [0.5, 0.6) is 5.75 Å². The van der Waals surface area contributed by atoms with Crippen LogP contribution in [0, 0.1) is 0 Å². The molecule has 0 radical (unpaired) electrons. The maximum Gasteiger partial charge on any atom is 0.293 e. The largest absolute Gasteiger partial charge is 0.492 e. The molecule has 1 aliphatic heterocycles. The third kappa shape index (κ3) is 4.14. The number of nitrogens with zero attached hydrogens (tertiary/aromatic N) is 1. The minimum absolute atomic E-state index is 0.230. The summed E-state index contributed by atoms with van der Waals surface area (Å²) >= 11 is 10.6. The van der Waals surface area contributed by atoms with Crippen LogP contribution in [0.3, 0.4) is 0 Å². The van der Waals surface area contributed by atoms with Gasteiger partial charge in [-0.2, -0.15) is 0 Å². The van der Waals surface area contributed by atoms with Gasteiger partial charge in [-0.3, -0.25) is 14.5 Å². The monoisotopic (exact) mass is 451 g/mol. The fraction of sp³-hybridized carbons (Fsp3) is 0.158. The molecule has 0 aromatic heterocycles. The Morgan fingerprint density at radius 2 is 2.00 bits per heavy atom. The van der Waals surface area contributed by atoms with Crippen LogP contribution in [0.4, 0.5) is 4.79 Å². The lowest BCUT2D eigenvalue weighted by atomic mass is 10.2. The van der Waals surface area contributed by atoms with Gasteiger partial charge in [-0.25, -0.2) is 0 Å². The Labute approximate surface area is 169 Å². The van der Waals surface area contributed by atoms with Crippen LogP contribution < -0.4 is 4.74 Å². The van der Waals surface area contributed by atoms with Crippen LogP contribution in [0.25, 0.3) is 6.08 Å². The minimum atomic E-state index is -0.305. The highest BCUT2D eigenvalue weighted by molar-refractivity contribution is 9.10. The van der Waals surface area contributed by atoms with E-state index in [1.54, 1.807) is 24.3 Å². The molecule has 26 heavy (non-hydrogen) atoms. The molecule has 1 heterocycles. The second kappa shape index (κ2) is 8.29. The number of ether oxygens (including phenoxy) is 1. The van der Waals surface area contributed by atoms with Crippen LogP contribution in [0.2, 0.25) is 5.02 Å². The molecule has 0 atom stereocenters. The first-order valence-corrected chi connectivity index (χ1v) is 9.89. The third-order valence-corrected chi connectivity index (χ3v) is 5.69. The van der Waals surface area contributed by atoms with Gasteiger partial charge in [0.2, 0.25) is 0 Å². The van der Waals surface area contributed by atoms with Crippen molar-refractivity contribution in [3.63, 3.8) is 0 Å². The van der Waals surface area contributed by atoms with Crippen molar-refractivity contribution in [3.05, 3.63) is 68.0 Å². The molecule has 1 fully saturated rings. The molecule has 3 rings (SSSR count). The maximum atomic E-state index is 12.6. The standard InChI is InChI=1S/C19H15BrClNO3S/c1-2-25-16-8-7-12(9-15(16)21)10-17-18(23)22(19(24)26-17)11-13-5-3-4-6-14(13)20/h3-10H,2,11H2,1H3/b17-10-. The van der Waals surface area contributed by atoms with Crippen LogP contribution >= 0.6 is 39.3 Å². The normalized spacial score (nSPS) is 15.8. The topological polar surface area (TPSA) is 46.6 Å². The average Bonchev–Trinajstić information content (AvgIpc) is 2.87. The zero-order valence-electron chi connectivity index (χ0n) is 13.9. The number of carbonyl (C=O) groups excluding carboxylic acids is 2. The van der Waals surface area contributed by atoms with Crippen molar-refractivity contribution < 1.29 is 14.3 Å². The summed E-state index contributed by atoms with van der Waals surface area (Å²) in [5, 5.41) is 0.182. The molecule has 2 aromatic carbocycles. The SMILES string of the molecule is CCOc1ccc(/C=C2\SC(=O)N(Cc3ccccc3Br)C2=O)cc1Cl. The minimum Gasteiger partial charge on any atom is -0.492 e. The lowest BCUT2D eigenvalue weighted by Gasteiger charge is -2.13. The van der Waals surface area contributed by atoms with E-state index in [-0.39, 0.29) is 17.7 Å². The van der Waals surface area contributed by atoms with E-state index in [2.05, 4.69) is 15.9 Å². The number of amides is 2.